The Balaban J connectivity index is 1.79. The van der Waals surface area contributed by atoms with Crippen LogP contribution in [0.2, 0.25) is 0 Å². The van der Waals surface area contributed by atoms with Crippen molar-refractivity contribution in [3.05, 3.63) is 99.4 Å². The summed E-state index contributed by atoms with van der Waals surface area (Å²) in [7, 11) is 0. The summed E-state index contributed by atoms with van der Waals surface area (Å²) in [5, 5.41) is 14.8. The van der Waals surface area contributed by atoms with Crippen molar-refractivity contribution in [1.82, 2.24) is 0 Å². The molecule has 1 amide bonds. The van der Waals surface area contributed by atoms with Gasteiger partial charge in [-0.25, -0.2) is 0 Å². The third kappa shape index (κ3) is 3.67. The number of allylic oxidation sites excluding steroid dienone is 1. The van der Waals surface area contributed by atoms with Gasteiger partial charge in [0.25, 0.3) is 5.91 Å². The van der Waals surface area contributed by atoms with Crippen LogP contribution in [-0.4, -0.2) is 16.6 Å². The lowest BCUT2D eigenvalue weighted by Gasteiger charge is -2.36. The van der Waals surface area contributed by atoms with Crippen molar-refractivity contribution in [2.24, 2.45) is 5.41 Å². The van der Waals surface area contributed by atoms with E-state index in [4.69, 9.17) is 4.42 Å². The van der Waals surface area contributed by atoms with Gasteiger partial charge in [-0.2, -0.15) is 0 Å². The second-order valence-corrected chi connectivity index (χ2v) is 9.35. The molecular weight excluding hydrogens is 434 g/mol. The number of Topliss-reactive ketones (excluding diaryl/α,β-unsaturated/α-hetero) is 1. The zero-order chi connectivity index (χ0) is 24.0. The molecule has 0 unspecified atom stereocenters. The number of benzene rings is 2. The SMILES string of the molecule is CC1(C)CC(=O)C2=C(C1)Nc1ccccc1N(C(=O)c1ccccc1)[C@@H]2c1ccc([N+](=O)[O-])o1. The smallest absolute Gasteiger partial charge is 0.403 e. The van der Waals surface area contributed by atoms with Crippen LogP contribution in [0.3, 0.4) is 0 Å². The van der Waals surface area contributed by atoms with Crippen molar-refractivity contribution in [1.29, 1.82) is 0 Å². The first-order chi connectivity index (χ1) is 16.2. The van der Waals surface area contributed by atoms with E-state index in [0.717, 1.165) is 0 Å². The van der Waals surface area contributed by atoms with E-state index in [0.29, 0.717) is 34.6 Å². The highest BCUT2D eigenvalue weighted by Crippen LogP contribution is 2.49. The lowest BCUT2D eigenvalue weighted by molar-refractivity contribution is -0.402. The van der Waals surface area contributed by atoms with E-state index in [1.807, 2.05) is 38.1 Å². The van der Waals surface area contributed by atoms with Gasteiger partial charge in [-0.1, -0.05) is 44.2 Å². The predicted molar refractivity (Wildman–Crippen MR) is 126 cm³/mol. The number of furan rings is 1. The van der Waals surface area contributed by atoms with Gasteiger partial charge in [0.15, 0.2) is 5.78 Å². The Labute approximate surface area is 196 Å². The topological polar surface area (TPSA) is 106 Å². The average Bonchev–Trinajstić information content (AvgIpc) is 3.23. The number of anilines is 2. The number of hydrogen-bond donors (Lipinski definition) is 1. The summed E-state index contributed by atoms with van der Waals surface area (Å²) in [6.45, 7) is 4.04. The van der Waals surface area contributed by atoms with E-state index in [9.17, 15) is 19.7 Å². The highest BCUT2D eigenvalue weighted by molar-refractivity contribution is 6.11. The van der Waals surface area contributed by atoms with Crippen molar-refractivity contribution >= 4 is 28.9 Å². The van der Waals surface area contributed by atoms with Crippen LogP contribution in [0, 0.1) is 15.5 Å². The molecule has 3 aromatic rings. The molecule has 1 aliphatic heterocycles. The summed E-state index contributed by atoms with van der Waals surface area (Å²) >= 11 is 0. The van der Waals surface area contributed by atoms with Crippen LogP contribution < -0.4 is 10.2 Å². The number of amides is 1. The zero-order valence-corrected chi connectivity index (χ0v) is 18.8. The van der Waals surface area contributed by atoms with Crippen molar-refractivity contribution in [2.75, 3.05) is 10.2 Å². The summed E-state index contributed by atoms with van der Waals surface area (Å²) in [5.41, 5.74) is 2.46. The molecule has 0 fully saturated rings. The second-order valence-electron chi connectivity index (χ2n) is 9.35. The Morgan fingerprint density at radius 3 is 2.47 bits per heavy atom. The Bertz CT molecular complexity index is 1340. The maximum Gasteiger partial charge on any atom is 0.433 e. The van der Waals surface area contributed by atoms with Crippen LogP contribution in [0.1, 0.15) is 48.8 Å². The largest absolute Gasteiger partial charge is 0.433 e. The molecule has 1 N–H and O–H groups in total. The molecule has 0 saturated carbocycles. The number of rotatable bonds is 3. The molecule has 172 valence electrons. The average molecular weight is 457 g/mol. The lowest BCUT2D eigenvalue weighted by Crippen LogP contribution is -2.39. The van der Waals surface area contributed by atoms with Crippen LogP contribution in [-0.2, 0) is 4.79 Å². The molecule has 2 heterocycles. The van der Waals surface area contributed by atoms with Crippen LogP contribution in [0.25, 0.3) is 0 Å². The normalized spacial score (nSPS) is 19.1. The summed E-state index contributed by atoms with van der Waals surface area (Å²) in [6.07, 6.45) is 0.867. The van der Waals surface area contributed by atoms with Crippen LogP contribution >= 0.6 is 0 Å². The first kappa shape index (κ1) is 21.6. The van der Waals surface area contributed by atoms with Gasteiger partial charge in [-0.05, 0) is 42.2 Å². The maximum atomic E-state index is 13.9. The fraction of sp³-hybridized carbons (Fsp3) is 0.231. The minimum Gasteiger partial charge on any atom is -0.403 e. The summed E-state index contributed by atoms with van der Waals surface area (Å²) in [5.74, 6) is -0.750. The molecule has 2 aromatic carbocycles. The number of carbonyl (C=O) groups excluding carboxylic acids is 2. The van der Waals surface area contributed by atoms with Gasteiger partial charge in [-0.15, -0.1) is 0 Å². The molecular formula is C26H23N3O5. The molecule has 8 nitrogen and oxygen atoms in total. The number of hydrogen-bond acceptors (Lipinski definition) is 6. The summed E-state index contributed by atoms with van der Waals surface area (Å²) in [6, 6.07) is 17.8. The van der Waals surface area contributed by atoms with Gasteiger partial charge in [0.1, 0.15) is 16.7 Å². The Morgan fingerprint density at radius 2 is 1.76 bits per heavy atom. The highest BCUT2D eigenvalue weighted by atomic mass is 16.6. The fourth-order valence-corrected chi connectivity index (χ4v) is 4.79. The number of para-hydroxylation sites is 2. The van der Waals surface area contributed by atoms with Crippen LogP contribution in [0.5, 0.6) is 0 Å². The van der Waals surface area contributed by atoms with Crippen LogP contribution in [0.4, 0.5) is 17.3 Å². The minimum absolute atomic E-state index is 0.124. The molecule has 0 bridgehead atoms. The monoisotopic (exact) mass is 457 g/mol. The molecule has 1 aromatic heterocycles. The number of nitrogens with zero attached hydrogens (tertiary/aromatic N) is 2. The Hall–Kier alpha value is -4.20. The molecule has 0 radical (unpaired) electrons. The standard InChI is InChI=1S/C26H23N3O5/c1-26(2)14-18-23(20(30)15-26)24(21-12-13-22(34-21)29(32)33)28(19-11-7-6-10-17(19)27-18)25(31)16-8-4-3-5-9-16/h3-13,24,27H,14-15H2,1-2H3/t24-/m1/s1. The van der Waals surface area contributed by atoms with E-state index in [1.54, 1.807) is 30.3 Å². The van der Waals surface area contributed by atoms with Gasteiger partial charge in [0.05, 0.1) is 17.4 Å². The van der Waals surface area contributed by atoms with E-state index in [2.05, 4.69) is 5.32 Å². The maximum absolute atomic E-state index is 13.9. The lowest BCUT2D eigenvalue weighted by atomic mass is 9.74. The number of carbonyl (C=O) groups is 2. The Kier molecular flexibility index (Phi) is 5.08. The molecule has 8 heteroatoms. The Morgan fingerprint density at radius 1 is 1.06 bits per heavy atom. The third-order valence-electron chi connectivity index (χ3n) is 6.20. The highest BCUT2D eigenvalue weighted by Gasteiger charge is 2.45. The third-order valence-corrected chi connectivity index (χ3v) is 6.20. The van der Waals surface area contributed by atoms with Gasteiger partial charge in [-0.3, -0.25) is 24.6 Å². The van der Waals surface area contributed by atoms with Crippen LogP contribution in [0.15, 0.2) is 82.4 Å². The van der Waals surface area contributed by atoms with E-state index in [-0.39, 0.29) is 29.3 Å². The van der Waals surface area contributed by atoms with E-state index >= 15 is 0 Å². The zero-order valence-electron chi connectivity index (χ0n) is 18.8. The summed E-state index contributed by atoms with van der Waals surface area (Å²) < 4.78 is 5.61. The molecule has 1 atom stereocenters. The second kappa shape index (κ2) is 7.98. The van der Waals surface area contributed by atoms with Crippen molar-refractivity contribution in [2.45, 2.75) is 32.7 Å². The molecule has 5 rings (SSSR count). The van der Waals surface area contributed by atoms with Gasteiger partial charge in [0.2, 0.25) is 0 Å². The number of nitro groups is 1. The number of ketones is 1. The van der Waals surface area contributed by atoms with Gasteiger partial charge >= 0.3 is 5.88 Å². The van der Waals surface area contributed by atoms with E-state index < -0.39 is 16.8 Å². The quantitative estimate of drug-likeness (QED) is 0.403. The van der Waals surface area contributed by atoms with Gasteiger partial charge in [0, 0.05) is 23.3 Å². The van der Waals surface area contributed by atoms with Crippen molar-refractivity contribution in [3.63, 3.8) is 0 Å². The van der Waals surface area contributed by atoms with E-state index in [1.165, 1.54) is 17.0 Å². The molecule has 0 spiro atoms. The first-order valence-corrected chi connectivity index (χ1v) is 11.0. The molecule has 2 aliphatic rings. The predicted octanol–water partition coefficient (Wildman–Crippen LogP) is 5.64. The van der Waals surface area contributed by atoms with Crippen molar-refractivity contribution < 1.29 is 18.9 Å². The van der Waals surface area contributed by atoms with Gasteiger partial charge < -0.3 is 9.73 Å². The molecule has 0 saturated heterocycles. The first-order valence-electron chi connectivity index (χ1n) is 11.0. The molecule has 34 heavy (non-hydrogen) atoms. The fourth-order valence-electron chi connectivity index (χ4n) is 4.79. The minimum atomic E-state index is -0.962. The summed E-state index contributed by atoms with van der Waals surface area (Å²) in [4.78, 5) is 39.8. The number of nitrogens with one attached hydrogen (secondary N) is 1. The molecule has 1 aliphatic carbocycles. The van der Waals surface area contributed by atoms with Crippen molar-refractivity contribution in [3.8, 4) is 0 Å². The number of fused-ring (bicyclic) bond motifs is 1.